The summed E-state index contributed by atoms with van der Waals surface area (Å²) in [5, 5.41) is 3.37. The molecule has 0 aliphatic carbocycles. The molecule has 0 radical (unpaired) electrons. The molecule has 3 rings (SSSR count). The molecule has 2 aromatic carbocycles. The molecule has 6 heteroatoms. The molecule has 1 fully saturated rings. The van der Waals surface area contributed by atoms with Crippen LogP contribution in [0, 0.1) is 0 Å². The highest BCUT2D eigenvalue weighted by atomic mass is 16.5. The van der Waals surface area contributed by atoms with E-state index in [1.807, 2.05) is 42.5 Å². The van der Waals surface area contributed by atoms with Crippen LogP contribution in [0.15, 0.2) is 48.5 Å². The Morgan fingerprint density at radius 3 is 2.54 bits per heavy atom. The van der Waals surface area contributed by atoms with E-state index in [0.29, 0.717) is 30.6 Å². The summed E-state index contributed by atoms with van der Waals surface area (Å²) < 4.78 is 16.3. The van der Waals surface area contributed by atoms with Gasteiger partial charge in [-0.05, 0) is 55.8 Å². The van der Waals surface area contributed by atoms with Gasteiger partial charge in [0.2, 0.25) is 0 Å². The largest absolute Gasteiger partial charge is 0.493 e. The van der Waals surface area contributed by atoms with Gasteiger partial charge in [0.15, 0.2) is 11.5 Å². The van der Waals surface area contributed by atoms with E-state index in [-0.39, 0.29) is 5.97 Å². The third-order valence-electron chi connectivity index (χ3n) is 4.97. The first-order valence-electron chi connectivity index (χ1n) is 9.61. The van der Waals surface area contributed by atoms with Crippen LogP contribution in [0.2, 0.25) is 0 Å². The van der Waals surface area contributed by atoms with Crippen molar-refractivity contribution in [3.8, 4) is 17.2 Å². The van der Waals surface area contributed by atoms with Gasteiger partial charge in [-0.2, -0.15) is 0 Å². The number of carbonyl (C=O) groups excluding carboxylic acids is 1. The van der Waals surface area contributed by atoms with E-state index < -0.39 is 0 Å². The van der Waals surface area contributed by atoms with E-state index >= 15 is 0 Å². The van der Waals surface area contributed by atoms with Crippen LogP contribution >= 0.6 is 0 Å². The fraction of sp³-hybridized carbons (Fsp3) is 0.409. The van der Waals surface area contributed by atoms with Crippen LogP contribution in [0.4, 0.5) is 0 Å². The van der Waals surface area contributed by atoms with Crippen molar-refractivity contribution in [2.24, 2.45) is 0 Å². The van der Waals surface area contributed by atoms with E-state index in [1.165, 1.54) is 7.11 Å². The normalized spacial score (nSPS) is 14.7. The molecule has 150 valence electrons. The van der Waals surface area contributed by atoms with E-state index in [2.05, 4.69) is 16.3 Å². The number of nitrogens with one attached hydrogen (secondary N) is 1. The fourth-order valence-corrected chi connectivity index (χ4v) is 3.49. The Morgan fingerprint density at radius 1 is 1.07 bits per heavy atom. The maximum Gasteiger partial charge on any atom is 0.319 e. The van der Waals surface area contributed by atoms with Crippen LogP contribution < -0.4 is 14.8 Å². The first kappa shape index (κ1) is 20.2. The van der Waals surface area contributed by atoms with Gasteiger partial charge < -0.3 is 19.5 Å². The maximum absolute atomic E-state index is 11.9. The van der Waals surface area contributed by atoms with Gasteiger partial charge in [0.1, 0.15) is 5.75 Å². The average molecular weight is 384 g/mol. The lowest BCUT2D eigenvalue weighted by Crippen LogP contribution is -2.45. The van der Waals surface area contributed by atoms with Gasteiger partial charge in [-0.25, -0.2) is 0 Å². The number of para-hydroxylation sites is 2. The van der Waals surface area contributed by atoms with E-state index in [0.717, 1.165) is 37.2 Å². The lowest BCUT2D eigenvalue weighted by Gasteiger charge is -2.34. The molecule has 1 heterocycles. The van der Waals surface area contributed by atoms with Crippen molar-refractivity contribution in [2.75, 3.05) is 33.9 Å². The molecule has 0 amide bonds. The van der Waals surface area contributed by atoms with Crippen molar-refractivity contribution < 1.29 is 19.0 Å². The first-order chi connectivity index (χ1) is 13.7. The molecule has 1 N–H and O–H groups in total. The zero-order valence-electron chi connectivity index (χ0n) is 16.5. The Kier molecular flexibility index (Phi) is 7.28. The van der Waals surface area contributed by atoms with Gasteiger partial charge in [-0.3, -0.25) is 9.69 Å². The van der Waals surface area contributed by atoms with Crippen molar-refractivity contribution in [2.45, 2.75) is 25.4 Å². The smallest absolute Gasteiger partial charge is 0.319 e. The van der Waals surface area contributed by atoms with Gasteiger partial charge in [0, 0.05) is 12.6 Å². The van der Waals surface area contributed by atoms with Crippen molar-refractivity contribution >= 4 is 5.97 Å². The predicted octanol–water partition coefficient (Wildman–Crippen LogP) is 3.21. The van der Waals surface area contributed by atoms with Gasteiger partial charge in [0.05, 0.1) is 20.8 Å². The molecule has 0 atom stereocenters. The number of nitrogens with zero attached hydrogens (tertiary/aromatic N) is 1. The molecule has 2 aromatic rings. The van der Waals surface area contributed by atoms with Gasteiger partial charge in [0.25, 0.3) is 0 Å². The second-order valence-electron chi connectivity index (χ2n) is 6.86. The molecular formula is C22H28N2O4. The highest BCUT2D eigenvalue weighted by Crippen LogP contribution is 2.31. The molecule has 6 nitrogen and oxygen atoms in total. The summed E-state index contributed by atoms with van der Waals surface area (Å²) >= 11 is 0. The number of hydrogen-bond acceptors (Lipinski definition) is 6. The summed E-state index contributed by atoms with van der Waals surface area (Å²) in [5.74, 6) is 1.90. The number of benzene rings is 2. The Hall–Kier alpha value is -2.57. The Morgan fingerprint density at radius 2 is 1.82 bits per heavy atom. The van der Waals surface area contributed by atoms with Crippen LogP contribution in [-0.4, -0.2) is 50.8 Å². The zero-order valence-corrected chi connectivity index (χ0v) is 16.5. The summed E-state index contributed by atoms with van der Waals surface area (Å²) in [5.41, 5.74) is 1.09. The molecule has 0 saturated carbocycles. The molecule has 1 aliphatic rings. The standard InChI is InChI=1S/C22H28N2O4/c1-26-20-8-3-4-9-21(20)28-19-7-5-6-17(14-19)15-24(16-22(25)27-2)18-10-12-23-13-11-18/h3-9,14,18,23H,10-13,15-16H2,1-2H3. The lowest BCUT2D eigenvalue weighted by molar-refractivity contribution is -0.142. The highest BCUT2D eigenvalue weighted by molar-refractivity contribution is 5.71. The minimum absolute atomic E-state index is 0.208. The molecule has 0 aromatic heterocycles. The molecule has 28 heavy (non-hydrogen) atoms. The quantitative estimate of drug-likeness (QED) is 0.706. The molecule has 0 unspecified atom stereocenters. The number of carbonyl (C=O) groups is 1. The van der Waals surface area contributed by atoms with Crippen LogP contribution in [0.25, 0.3) is 0 Å². The zero-order chi connectivity index (χ0) is 19.8. The monoisotopic (exact) mass is 384 g/mol. The Bertz CT molecular complexity index is 775. The van der Waals surface area contributed by atoms with Crippen LogP contribution in [0.5, 0.6) is 17.2 Å². The average Bonchev–Trinajstić information content (AvgIpc) is 2.74. The molecule has 1 saturated heterocycles. The fourth-order valence-electron chi connectivity index (χ4n) is 3.49. The number of piperidine rings is 1. The van der Waals surface area contributed by atoms with Gasteiger partial charge in [-0.15, -0.1) is 0 Å². The second kappa shape index (κ2) is 10.1. The first-order valence-corrected chi connectivity index (χ1v) is 9.61. The molecule has 1 aliphatic heterocycles. The van der Waals surface area contributed by atoms with Crippen molar-refractivity contribution in [3.63, 3.8) is 0 Å². The van der Waals surface area contributed by atoms with E-state index in [4.69, 9.17) is 14.2 Å². The van der Waals surface area contributed by atoms with E-state index in [1.54, 1.807) is 7.11 Å². The second-order valence-corrected chi connectivity index (χ2v) is 6.86. The third kappa shape index (κ3) is 5.47. The topological polar surface area (TPSA) is 60.0 Å². The van der Waals surface area contributed by atoms with Crippen LogP contribution in [0.3, 0.4) is 0 Å². The minimum Gasteiger partial charge on any atom is -0.493 e. The van der Waals surface area contributed by atoms with Crippen LogP contribution in [-0.2, 0) is 16.1 Å². The number of methoxy groups -OCH3 is 2. The summed E-state index contributed by atoms with van der Waals surface area (Å²) in [6.07, 6.45) is 2.04. The van der Waals surface area contributed by atoms with Crippen molar-refractivity contribution in [1.29, 1.82) is 0 Å². The van der Waals surface area contributed by atoms with Gasteiger partial charge in [-0.1, -0.05) is 24.3 Å². The summed E-state index contributed by atoms with van der Waals surface area (Å²) in [6, 6.07) is 15.9. The van der Waals surface area contributed by atoms with Gasteiger partial charge >= 0.3 is 5.97 Å². The maximum atomic E-state index is 11.9. The summed E-state index contributed by atoms with van der Waals surface area (Å²) in [4.78, 5) is 14.1. The summed E-state index contributed by atoms with van der Waals surface area (Å²) in [7, 11) is 3.06. The highest BCUT2D eigenvalue weighted by Gasteiger charge is 2.23. The SMILES string of the molecule is COC(=O)CN(Cc1cccc(Oc2ccccc2OC)c1)C1CCNCC1. The number of esters is 1. The van der Waals surface area contributed by atoms with Crippen LogP contribution in [0.1, 0.15) is 18.4 Å². The molecule has 0 spiro atoms. The third-order valence-corrected chi connectivity index (χ3v) is 4.97. The Labute approximate surface area is 166 Å². The Balaban J connectivity index is 1.74. The number of rotatable bonds is 8. The molecule has 0 bridgehead atoms. The predicted molar refractivity (Wildman–Crippen MR) is 108 cm³/mol. The van der Waals surface area contributed by atoms with Crippen molar-refractivity contribution in [1.82, 2.24) is 10.2 Å². The van der Waals surface area contributed by atoms with Crippen molar-refractivity contribution in [3.05, 3.63) is 54.1 Å². The lowest BCUT2D eigenvalue weighted by atomic mass is 10.0. The number of ether oxygens (including phenoxy) is 3. The minimum atomic E-state index is -0.208. The summed E-state index contributed by atoms with van der Waals surface area (Å²) in [6.45, 7) is 2.90. The van der Waals surface area contributed by atoms with E-state index in [9.17, 15) is 4.79 Å². The number of hydrogen-bond donors (Lipinski definition) is 1. The molecular weight excluding hydrogens is 356 g/mol.